The van der Waals surface area contributed by atoms with Crippen LogP contribution in [0.3, 0.4) is 0 Å². The lowest BCUT2D eigenvalue weighted by molar-refractivity contribution is -0.142. The first-order valence-corrected chi connectivity index (χ1v) is 22.2. The number of rotatable bonds is 22. The van der Waals surface area contributed by atoms with Crippen molar-refractivity contribution in [3.8, 4) is 0 Å². The first-order valence-electron chi connectivity index (χ1n) is 22.2. The second kappa shape index (κ2) is 23.5. The van der Waals surface area contributed by atoms with Crippen molar-refractivity contribution in [2.24, 2.45) is 0 Å². The van der Waals surface area contributed by atoms with Crippen molar-refractivity contribution in [2.45, 2.75) is 162 Å². The smallest absolute Gasteiger partial charge is 0.419 e. The number of carboxylic acid groups (broad SMARTS) is 1. The monoisotopic (exact) mass is 853 g/mol. The standard InChI is InChI=1S/C50H68N4O8/c1-8-9-10-11-12-13-14-15-16-17-18-19-20-21-22-31-44(55)51-40(32-36-34-53(47(59)61-49(2,3)4)42-29-25-23-27-38(36)42)45(56)52-41(46(57)58)33-37-35-54(48(60)62-50(5,6)7)43-30-26-24-28-39(37)43/h12-13,15-16,23-30,34-35,40-41H,8-11,14,17-22,31-33H2,1-7H3,(H,51,55)(H,52,56)(H,57,58)/b13-12-,16-15-. The summed E-state index contributed by atoms with van der Waals surface area (Å²) in [4.78, 5) is 66.9. The molecule has 2 amide bonds. The highest BCUT2D eigenvalue weighted by Gasteiger charge is 2.30. The first-order chi connectivity index (χ1) is 29.5. The van der Waals surface area contributed by atoms with Crippen molar-refractivity contribution < 1.29 is 38.6 Å². The Hall–Kier alpha value is -5.65. The number of fused-ring (bicyclic) bond motifs is 2. The minimum absolute atomic E-state index is 0.0274. The summed E-state index contributed by atoms with van der Waals surface area (Å²) in [5.74, 6) is -2.32. The minimum atomic E-state index is -1.41. The fourth-order valence-corrected chi connectivity index (χ4v) is 7.23. The van der Waals surface area contributed by atoms with Crippen LogP contribution < -0.4 is 10.6 Å². The molecule has 2 aromatic carbocycles. The van der Waals surface area contributed by atoms with E-state index < -0.39 is 47.3 Å². The average molecular weight is 853 g/mol. The molecular formula is C50H68N4O8. The number of carbonyl (C=O) groups is 5. The lowest BCUT2D eigenvalue weighted by Crippen LogP contribution is -2.53. The molecule has 336 valence electrons. The van der Waals surface area contributed by atoms with Gasteiger partial charge in [-0.3, -0.25) is 18.7 Å². The molecule has 0 aliphatic heterocycles. The molecule has 2 heterocycles. The Balaban J connectivity index is 1.47. The zero-order valence-electron chi connectivity index (χ0n) is 37.8. The molecule has 0 aliphatic carbocycles. The molecule has 0 saturated carbocycles. The molecule has 0 bridgehead atoms. The SMILES string of the molecule is CCCCC/C=C\C/C=C\CCCCCCCC(=O)NC(Cc1cn(C(=O)OC(C)(C)C)c2ccccc12)C(=O)NC(Cc1cn(C(=O)OC(C)(C)C)c2ccccc12)C(=O)O. The molecular weight excluding hydrogens is 785 g/mol. The number of carbonyl (C=O) groups excluding carboxylic acids is 4. The number of allylic oxidation sites excluding steroid dienone is 4. The number of benzene rings is 2. The van der Waals surface area contributed by atoms with Crippen LogP contribution in [0.15, 0.2) is 85.2 Å². The Kier molecular flexibility index (Phi) is 18.6. The van der Waals surface area contributed by atoms with E-state index in [-0.39, 0.29) is 25.2 Å². The van der Waals surface area contributed by atoms with Crippen LogP contribution in [-0.2, 0) is 36.7 Å². The molecule has 2 atom stereocenters. The van der Waals surface area contributed by atoms with Crippen LogP contribution in [0.4, 0.5) is 9.59 Å². The molecule has 0 radical (unpaired) electrons. The number of nitrogens with zero attached hydrogens (tertiary/aromatic N) is 2. The lowest BCUT2D eigenvalue weighted by Gasteiger charge is -2.22. The average Bonchev–Trinajstić information content (AvgIpc) is 3.76. The molecule has 62 heavy (non-hydrogen) atoms. The van der Waals surface area contributed by atoms with Gasteiger partial charge in [-0.05, 0) is 103 Å². The van der Waals surface area contributed by atoms with Gasteiger partial charge in [-0.15, -0.1) is 0 Å². The van der Waals surface area contributed by atoms with E-state index in [0.29, 0.717) is 39.4 Å². The van der Waals surface area contributed by atoms with Gasteiger partial charge in [0, 0.05) is 42.4 Å². The van der Waals surface area contributed by atoms with E-state index in [2.05, 4.69) is 41.9 Å². The van der Waals surface area contributed by atoms with Gasteiger partial charge < -0.3 is 25.2 Å². The maximum absolute atomic E-state index is 14.2. The molecule has 0 saturated heterocycles. The number of hydrogen-bond acceptors (Lipinski definition) is 7. The van der Waals surface area contributed by atoms with E-state index in [4.69, 9.17) is 9.47 Å². The second-order valence-electron chi connectivity index (χ2n) is 18.0. The van der Waals surface area contributed by atoms with E-state index in [0.717, 1.165) is 44.9 Å². The summed E-state index contributed by atoms with van der Waals surface area (Å²) in [5, 5.41) is 17.3. The summed E-state index contributed by atoms with van der Waals surface area (Å²) >= 11 is 0. The van der Waals surface area contributed by atoms with Crippen LogP contribution in [-0.4, -0.2) is 67.5 Å². The third-order valence-electron chi connectivity index (χ3n) is 10.2. The molecule has 2 unspecified atom stereocenters. The Labute approximate surface area is 367 Å². The number of aliphatic carboxylic acids is 1. The highest BCUT2D eigenvalue weighted by atomic mass is 16.6. The van der Waals surface area contributed by atoms with Crippen LogP contribution >= 0.6 is 0 Å². The van der Waals surface area contributed by atoms with Gasteiger partial charge in [0.05, 0.1) is 11.0 Å². The number of aromatic nitrogens is 2. The van der Waals surface area contributed by atoms with Gasteiger partial charge in [-0.2, -0.15) is 0 Å². The Morgan fingerprint density at radius 3 is 1.60 bits per heavy atom. The van der Waals surface area contributed by atoms with E-state index in [1.165, 1.54) is 34.6 Å². The van der Waals surface area contributed by atoms with Crippen LogP contribution in [0, 0.1) is 0 Å². The quantitative estimate of drug-likeness (QED) is 0.0521. The number of unbranched alkanes of at least 4 members (excludes halogenated alkanes) is 8. The van der Waals surface area contributed by atoms with Crippen molar-refractivity contribution >= 4 is 51.8 Å². The first kappa shape index (κ1) is 49.0. The molecule has 0 aliphatic rings. The molecule has 3 N–H and O–H groups in total. The molecule has 4 aromatic rings. The Morgan fingerprint density at radius 1 is 0.629 bits per heavy atom. The van der Waals surface area contributed by atoms with Gasteiger partial charge >= 0.3 is 18.2 Å². The predicted molar refractivity (Wildman–Crippen MR) is 245 cm³/mol. The molecule has 2 aromatic heterocycles. The summed E-state index contributed by atoms with van der Waals surface area (Å²) in [5.41, 5.74) is 0.689. The van der Waals surface area contributed by atoms with E-state index in [1.807, 2.05) is 12.1 Å². The van der Waals surface area contributed by atoms with Crippen molar-refractivity contribution in [1.29, 1.82) is 0 Å². The molecule has 4 rings (SSSR count). The fourth-order valence-electron chi connectivity index (χ4n) is 7.23. The number of amides is 2. The highest BCUT2D eigenvalue weighted by molar-refractivity contribution is 5.95. The maximum atomic E-state index is 14.2. The fraction of sp³-hybridized carbons (Fsp3) is 0.500. The number of para-hydroxylation sites is 2. The summed E-state index contributed by atoms with van der Waals surface area (Å²) in [6.07, 6.45) is 22.4. The van der Waals surface area contributed by atoms with E-state index >= 15 is 0 Å². The summed E-state index contributed by atoms with van der Waals surface area (Å²) in [6, 6.07) is 11.7. The summed E-state index contributed by atoms with van der Waals surface area (Å²) < 4.78 is 14.0. The number of nitrogens with one attached hydrogen (secondary N) is 2. The largest absolute Gasteiger partial charge is 0.480 e. The lowest BCUT2D eigenvalue weighted by atomic mass is 10.0. The normalized spacial score (nSPS) is 13.1. The van der Waals surface area contributed by atoms with E-state index in [9.17, 15) is 29.1 Å². The highest BCUT2D eigenvalue weighted by Crippen LogP contribution is 2.26. The van der Waals surface area contributed by atoms with Gasteiger partial charge in [0.25, 0.3) is 0 Å². The number of hydrogen-bond donors (Lipinski definition) is 3. The minimum Gasteiger partial charge on any atom is -0.480 e. The maximum Gasteiger partial charge on any atom is 0.419 e. The third kappa shape index (κ3) is 15.7. The van der Waals surface area contributed by atoms with Crippen LogP contribution in [0.1, 0.15) is 137 Å². The molecule has 0 spiro atoms. The summed E-state index contributed by atoms with van der Waals surface area (Å²) in [7, 11) is 0. The predicted octanol–water partition coefficient (Wildman–Crippen LogP) is 10.8. The Morgan fingerprint density at radius 2 is 1.10 bits per heavy atom. The van der Waals surface area contributed by atoms with Crippen molar-refractivity contribution in [1.82, 2.24) is 19.8 Å². The third-order valence-corrected chi connectivity index (χ3v) is 10.2. The van der Waals surface area contributed by atoms with Crippen molar-refractivity contribution in [3.63, 3.8) is 0 Å². The number of carboxylic acids is 1. The van der Waals surface area contributed by atoms with Gasteiger partial charge in [-0.1, -0.05) is 99.7 Å². The molecule has 12 heteroatoms. The van der Waals surface area contributed by atoms with Crippen LogP contribution in [0.25, 0.3) is 21.8 Å². The van der Waals surface area contributed by atoms with Gasteiger partial charge in [-0.25, -0.2) is 14.4 Å². The van der Waals surface area contributed by atoms with E-state index in [1.54, 1.807) is 84.1 Å². The zero-order valence-corrected chi connectivity index (χ0v) is 37.8. The van der Waals surface area contributed by atoms with Crippen LogP contribution in [0.5, 0.6) is 0 Å². The summed E-state index contributed by atoms with van der Waals surface area (Å²) in [6.45, 7) is 12.8. The molecule has 12 nitrogen and oxygen atoms in total. The van der Waals surface area contributed by atoms with Gasteiger partial charge in [0.1, 0.15) is 23.3 Å². The van der Waals surface area contributed by atoms with Gasteiger partial charge in [0.15, 0.2) is 0 Å². The zero-order chi connectivity index (χ0) is 45.3. The second-order valence-corrected chi connectivity index (χ2v) is 18.0. The van der Waals surface area contributed by atoms with Gasteiger partial charge in [0.2, 0.25) is 11.8 Å². The number of ether oxygens (including phenoxy) is 2. The van der Waals surface area contributed by atoms with Crippen LogP contribution in [0.2, 0.25) is 0 Å². The van der Waals surface area contributed by atoms with Crippen molar-refractivity contribution in [2.75, 3.05) is 0 Å². The molecule has 0 fully saturated rings. The topological polar surface area (TPSA) is 158 Å². The Bertz CT molecular complexity index is 2180. The van der Waals surface area contributed by atoms with Crippen molar-refractivity contribution in [3.05, 3.63) is 96.4 Å².